The van der Waals surface area contributed by atoms with Gasteiger partial charge in [-0.25, -0.2) is 0 Å². The molecule has 138 valence electrons. The summed E-state index contributed by atoms with van der Waals surface area (Å²) in [6.07, 6.45) is -0.0108. The van der Waals surface area contributed by atoms with Crippen molar-refractivity contribution in [2.24, 2.45) is 10.7 Å². The first-order valence-corrected chi connectivity index (χ1v) is 8.99. The first kappa shape index (κ1) is 18.0. The van der Waals surface area contributed by atoms with Crippen LogP contribution < -0.4 is 5.73 Å². The molecule has 1 aliphatic heterocycles. The average molecular weight is 391 g/mol. The summed E-state index contributed by atoms with van der Waals surface area (Å²) in [6.45, 7) is 1.84. The molecule has 4 rings (SSSR count). The number of nitrogens with zero attached hydrogens (tertiary/aromatic N) is 3. The van der Waals surface area contributed by atoms with Gasteiger partial charge in [0, 0.05) is 16.1 Å². The lowest BCUT2D eigenvalue weighted by Gasteiger charge is -2.12. The van der Waals surface area contributed by atoms with Gasteiger partial charge in [-0.05, 0) is 36.8 Å². The van der Waals surface area contributed by atoms with Crippen LogP contribution in [0, 0.1) is 18.3 Å². The average Bonchev–Trinajstić information content (AvgIpc) is 3.00. The van der Waals surface area contributed by atoms with E-state index in [2.05, 4.69) is 11.2 Å². The predicted octanol–water partition coefficient (Wildman–Crippen LogP) is 3.94. The summed E-state index contributed by atoms with van der Waals surface area (Å²) < 4.78 is 5.55. The number of hydrogen-bond acceptors (Lipinski definition) is 5. The second kappa shape index (κ2) is 6.95. The SMILES string of the molecule is Cc1noc2c1-c1ccc(Cl)cc1C(c1ccc(C#N)cc1)=NC2CC(N)=O. The molecule has 1 atom stereocenters. The number of aryl methyl sites for hydroxylation is 1. The number of carbonyl (C=O) groups is 1. The fourth-order valence-electron chi connectivity index (χ4n) is 3.42. The zero-order chi connectivity index (χ0) is 19.8. The lowest BCUT2D eigenvalue weighted by molar-refractivity contribution is -0.118. The van der Waals surface area contributed by atoms with Gasteiger partial charge in [0.15, 0.2) is 5.76 Å². The summed E-state index contributed by atoms with van der Waals surface area (Å²) >= 11 is 6.28. The Kier molecular flexibility index (Phi) is 4.46. The Morgan fingerprint density at radius 1 is 1.25 bits per heavy atom. The minimum Gasteiger partial charge on any atom is -0.370 e. The number of carbonyl (C=O) groups excluding carboxylic acids is 1. The molecular formula is C21H15ClN4O2. The number of aliphatic imine (C=N–C) groups is 1. The van der Waals surface area contributed by atoms with Gasteiger partial charge in [0.25, 0.3) is 0 Å². The number of aromatic nitrogens is 1. The second-order valence-corrected chi connectivity index (χ2v) is 6.99. The number of rotatable bonds is 3. The maximum Gasteiger partial charge on any atom is 0.220 e. The number of benzene rings is 2. The first-order chi connectivity index (χ1) is 13.5. The number of halogens is 1. The standard InChI is InChI=1S/C21H15ClN4O2/c1-11-19-15-7-6-14(22)8-16(15)20(13-4-2-12(10-23)3-5-13)25-17(9-18(24)27)21(19)28-26-11/h2-8,17H,9H2,1H3,(H2,24,27). The molecule has 0 saturated carbocycles. The van der Waals surface area contributed by atoms with Crippen molar-refractivity contribution >= 4 is 23.2 Å². The Morgan fingerprint density at radius 3 is 2.68 bits per heavy atom. The van der Waals surface area contributed by atoms with Crippen LogP contribution in [0.15, 0.2) is 52.0 Å². The van der Waals surface area contributed by atoms with Gasteiger partial charge in [-0.2, -0.15) is 5.26 Å². The third kappa shape index (κ3) is 3.06. The van der Waals surface area contributed by atoms with Crippen molar-refractivity contribution in [2.75, 3.05) is 0 Å². The lowest BCUT2D eigenvalue weighted by Crippen LogP contribution is -2.15. The Labute approximate surface area is 166 Å². The van der Waals surface area contributed by atoms with Crippen LogP contribution in [0.5, 0.6) is 0 Å². The molecule has 6 nitrogen and oxygen atoms in total. The highest BCUT2D eigenvalue weighted by Gasteiger charge is 2.31. The number of nitrogens with two attached hydrogens (primary N) is 1. The van der Waals surface area contributed by atoms with Crippen LogP contribution in [0.4, 0.5) is 0 Å². The molecule has 28 heavy (non-hydrogen) atoms. The van der Waals surface area contributed by atoms with Gasteiger partial charge in [0.2, 0.25) is 5.91 Å². The van der Waals surface area contributed by atoms with Gasteiger partial charge in [0.1, 0.15) is 6.04 Å². The number of primary amides is 1. The number of nitriles is 1. The number of fused-ring (bicyclic) bond motifs is 3. The molecule has 1 unspecified atom stereocenters. The van der Waals surface area contributed by atoms with Crippen LogP contribution in [-0.2, 0) is 4.79 Å². The fraction of sp³-hybridized carbons (Fsp3) is 0.143. The molecule has 0 fully saturated rings. The van der Waals surface area contributed by atoms with E-state index in [0.29, 0.717) is 27.8 Å². The van der Waals surface area contributed by atoms with E-state index < -0.39 is 11.9 Å². The smallest absolute Gasteiger partial charge is 0.220 e. The molecule has 7 heteroatoms. The van der Waals surface area contributed by atoms with Gasteiger partial charge in [-0.15, -0.1) is 0 Å². The van der Waals surface area contributed by atoms with E-state index in [1.165, 1.54) is 0 Å². The summed E-state index contributed by atoms with van der Waals surface area (Å²) in [5, 5.41) is 13.7. The summed E-state index contributed by atoms with van der Waals surface area (Å²) in [5.41, 5.74) is 10.6. The molecule has 0 radical (unpaired) electrons. The topological polar surface area (TPSA) is 105 Å². The monoisotopic (exact) mass is 390 g/mol. The highest BCUT2D eigenvalue weighted by Crippen LogP contribution is 2.41. The molecule has 0 saturated heterocycles. The molecule has 2 heterocycles. The molecule has 1 aliphatic rings. The Morgan fingerprint density at radius 2 is 2.00 bits per heavy atom. The summed E-state index contributed by atoms with van der Waals surface area (Å²) in [4.78, 5) is 16.5. The zero-order valence-electron chi connectivity index (χ0n) is 14.9. The van der Waals surface area contributed by atoms with Gasteiger partial charge >= 0.3 is 0 Å². The normalized spacial score (nSPS) is 15.0. The molecule has 0 aliphatic carbocycles. The van der Waals surface area contributed by atoms with Crippen LogP contribution in [0.25, 0.3) is 11.1 Å². The van der Waals surface area contributed by atoms with E-state index in [0.717, 1.165) is 22.3 Å². The largest absolute Gasteiger partial charge is 0.370 e. The molecule has 3 aromatic rings. The van der Waals surface area contributed by atoms with E-state index in [9.17, 15) is 4.79 Å². The van der Waals surface area contributed by atoms with Gasteiger partial charge < -0.3 is 10.3 Å². The van der Waals surface area contributed by atoms with Crippen molar-refractivity contribution in [3.8, 4) is 17.2 Å². The maximum absolute atomic E-state index is 11.7. The Bertz CT molecular complexity index is 1160. The van der Waals surface area contributed by atoms with E-state index in [1.807, 2.05) is 31.2 Å². The Hall–Kier alpha value is -3.43. The third-order valence-corrected chi connectivity index (χ3v) is 4.90. The minimum atomic E-state index is -0.606. The van der Waals surface area contributed by atoms with Crippen molar-refractivity contribution in [1.82, 2.24) is 5.16 Å². The van der Waals surface area contributed by atoms with E-state index in [4.69, 9.17) is 32.1 Å². The van der Waals surface area contributed by atoms with Crippen molar-refractivity contribution in [3.05, 3.63) is 75.6 Å². The first-order valence-electron chi connectivity index (χ1n) is 8.61. The molecule has 1 amide bonds. The molecule has 2 aromatic carbocycles. The summed E-state index contributed by atoms with van der Waals surface area (Å²) in [7, 11) is 0. The van der Waals surface area contributed by atoms with Gasteiger partial charge in [0.05, 0.1) is 35.0 Å². The van der Waals surface area contributed by atoms with Gasteiger partial charge in [-0.3, -0.25) is 9.79 Å². The van der Waals surface area contributed by atoms with Crippen molar-refractivity contribution in [1.29, 1.82) is 5.26 Å². The van der Waals surface area contributed by atoms with Crippen LogP contribution in [0.2, 0.25) is 5.02 Å². The van der Waals surface area contributed by atoms with Crippen LogP contribution in [0.1, 0.15) is 40.6 Å². The molecular weight excluding hydrogens is 376 g/mol. The highest BCUT2D eigenvalue weighted by molar-refractivity contribution is 6.31. The second-order valence-electron chi connectivity index (χ2n) is 6.55. The maximum atomic E-state index is 11.7. The number of amides is 1. The van der Waals surface area contributed by atoms with E-state index in [-0.39, 0.29) is 6.42 Å². The minimum absolute atomic E-state index is 0.0108. The fourth-order valence-corrected chi connectivity index (χ4v) is 3.59. The highest BCUT2D eigenvalue weighted by atomic mass is 35.5. The summed E-state index contributed by atoms with van der Waals surface area (Å²) in [5.74, 6) is 0.0143. The third-order valence-electron chi connectivity index (χ3n) is 4.66. The lowest BCUT2D eigenvalue weighted by atomic mass is 9.92. The van der Waals surface area contributed by atoms with E-state index in [1.54, 1.807) is 18.2 Å². The van der Waals surface area contributed by atoms with E-state index >= 15 is 0 Å². The quantitative estimate of drug-likeness (QED) is 0.730. The molecule has 1 aromatic heterocycles. The number of hydrogen-bond donors (Lipinski definition) is 1. The predicted molar refractivity (Wildman–Crippen MR) is 105 cm³/mol. The van der Waals surface area contributed by atoms with Crippen LogP contribution >= 0.6 is 11.6 Å². The summed E-state index contributed by atoms with van der Waals surface area (Å²) in [6, 6.07) is 14.1. The molecule has 0 spiro atoms. The zero-order valence-corrected chi connectivity index (χ0v) is 15.7. The molecule has 0 bridgehead atoms. The van der Waals surface area contributed by atoms with Gasteiger partial charge in [-0.1, -0.05) is 35.0 Å². The van der Waals surface area contributed by atoms with Crippen LogP contribution in [0.3, 0.4) is 0 Å². The molecule has 2 N–H and O–H groups in total. The Balaban J connectivity index is 2.00. The van der Waals surface area contributed by atoms with Crippen LogP contribution in [-0.4, -0.2) is 16.8 Å². The van der Waals surface area contributed by atoms with Crippen molar-refractivity contribution in [3.63, 3.8) is 0 Å². The van der Waals surface area contributed by atoms with Crippen molar-refractivity contribution in [2.45, 2.75) is 19.4 Å². The van der Waals surface area contributed by atoms with Crippen molar-refractivity contribution < 1.29 is 9.32 Å².